The monoisotopic (exact) mass is 804 g/mol. The van der Waals surface area contributed by atoms with E-state index in [9.17, 15) is 0 Å². The first kappa shape index (κ1) is 33.7. The minimum Gasteiger partial charge on any atom is -0.459 e. The van der Waals surface area contributed by atoms with Crippen molar-refractivity contribution in [3.05, 3.63) is 188 Å². The molecular formula is C54H31B3N2O4. The Hall–Kier alpha value is -8.03. The van der Waals surface area contributed by atoms with Crippen LogP contribution in [0.25, 0.3) is 0 Å². The molecule has 0 bridgehead atoms. The Bertz CT molecular complexity index is 3250. The maximum atomic E-state index is 7.40. The van der Waals surface area contributed by atoms with Gasteiger partial charge in [-0.05, 0) is 123 Å². The van der Waals surface area contributed by atoms with Crippen LogP contribution < -0.4 is 77.9 Å². The molecule has 290 valence electrons. The SMILES string of the molecule is c1ccc(N2c3cccc4c3B(c3c2ccc2c3Oc3cccc5c3B2c2ccccc2O5)c2c(ccc3c2Oc2cccc5c2B3c2ccccc2O5)N4c2ccccc2)cc1. The molecule has 0 N–H and O–H groups in total. The zero-order valence-corrected chi connectivity index (χ0v) is 33.7. The van der Waals surface area contributed by atoms with Gasteiger partial charge in [0.05, 0.1) is 0 Å². The normalized spacial score (nSPS) is 14.4. The second-order valence-electron chi connectivity index (χ2n) is 17.0. The zero-order valence-electron chi connectivity index (χ0n) is 33.7. The van der Waals surface area contributed by atoms with E-state index in [1.807, 2.05) is 12.1 Å². The summed E-state index contributed by atoms with van der Waals surface area (Å²) < 4.78 is 27.9. The lowest BCUT2D eigenvalue weighted by molar-refractivity contribution is 0.466. The van der Waals surface area contributed by atoms with Gasteiger partial charge in [-0.3, -0.25) is 0 Å². The number of fused-ring (bicyclic) bond motifs is 14. The average Bonchev–Trinajstić information content (AvgIpc) is 3.34. The summed E-state index contributed by atoms with van der Waals surface area (Å²) in [5.74, 6) is 6.77. The van der Waals surface area contributed by atoms with E-state index in [1.165, 1.54) is 5.46 Å². The van der Waals surface area contributed by atoms with Crippen LogP contribution in [-0.2, 0) is 0 Å². The van der Waals surface area contributed by atoms with Crippen LogP contribution in [0.4, 0.5) is 34.1 Å². The van der Waals surface area contributed by atoms with E-state index in [0.29, 0.717) is 0 Å². The summed E-state index contributed by atoms with van der Waals surface area (Å²) >= 11 is 0. The van der Waals surface area contributed by atoms with E-state index >= 15 is 0 Å². The van der Waals surface area contributed by atoms with Crippen LogP contribution in [0, 0.1) is 0 Å². The molecule has 0 aliphatic carbocycles. The largest absolute Gasteiger partial charge is 0.459 e. The number of anilines is 6. The van der Waals surface area contributed by atoms with Crippen molar-refractivity contribution in [2.24, 2.45) is 0 Å². The van der Waals surface area contributed by atoms with Crippen molar-refractivity contribution in [2.45, 2.75) is 0 Å². The molecule has 9 heteroatoms. The number of hydrogen-bond acceptors (Lipinski definition) is 6. The lowest BCUT2D eigenvalue weighted by atomic mass is 9.29. The van der Waals surface area contributed by atoms with E-state index in [2.05, 4.69) is 186 Å². The van der Waals surface area contributed by atoms with Gasteiger partial charge in [0.2, 0.25) is 0 Å². The fourth-order valence-corrected chi connectivity index (χ4v) is 11.5. The van der Waals surface area contributed by atoms with Gasteiger partial charge in [0.25, 0.3) is 20.1 Å². The molecule has 0 saturated carbocycles. The Morgan fingerprint density at radius 1 is 0.254 bits per heavy atom. The number of ether oxygens (including phenoxy) is 4. The minimum absolute atomic E-state index is 0.0918. The highest BCUT2D eigenvalue weighted by Crippen LogP contribution is 2.47. The summed E-state index contributed by atoms with van der Waals surface area (Å²) in [6.45, 7) is -0.470. The molecule has 15 rings (SSSR count). The highest BCUT2D eigenvalue weighted by Gasteiger charge is 2.51. The van der Waals surface area contributed by atoms with Gasteiger partial charge in [-0.1, -0.05) is 103 Å². The maximum absolute atomic E-state index is 7.40. The predicted octanol–water partition coefficient (Wildman–Crippen LogP) is 7.22. The first-order valence-electron chi connectivity index (χ1n) is 21.6. The van der Waals surface area contributed by atoms with Gasteiger partial charge in [-0.2, -0.15) is 0 Å². The van der Waals surface area contributed by atoms with E-state index in [1.54, 1.807) is 0 Å². The smallest absolute Gasteiger partial charge is 0.261 e. The molecule has 0 spiro atoms. The van der Waals surface area contributed by atoms with Crippen LogP contribution in [0.5, 0.6) is 46.0 Å². The quantitative estimate of drug-likeness (QED) is 0.172. The van der Waals surface area contributed by atoms with Crippen LogP contribution >= 0.6 is 0 Å². The predicted molar refractivity (Wildman–Crippen MR) is 256 cm³/mol. The highest BCUT2D eigenvalue weighted by atomic mass is 16.5. The van der Waals surface area contributed by atoms with Crippen LogP contribution in [0.2, 0.25) is 0 Å². The van der Waals surface area contributed by atoms with Gasteiger partial charge in [0.15, 0.2) is 0 Å². The van der Waals surface area contributed by atoms with Crippen molar-refractivity contribution in [3.8, 4) is 46.0 Å². The van der Waals surface area contributed by atoms with Crippen LogP contribution in [0.3, 0.4) is 0 Å². The van der Waals surface area contributed by atoms with Crippen molar-refractivity contribution in [2.75, 3.05) is 9.80 Å². The molecule has 63 heavy (non-hydrogen) atoms. The summed E-state index contributed by atoms with van der Waals surface area (Å²) in [7, 11) is 0. The summed E-state index contributed by atoms with van der Waals surface area (Å²) in [5, 5.41) is 0. The molecule has 0 unspecified atom stereocenters. The summed E-state index contributed by atoms with van der Waals surface area (Å²) in [4.78, 5) is 4.86. The third-order valence-corrected chi connectivity index (χ3v) is 13.9. The molecule has 6 nitrogen and oxygen atoms in total. The topological polar surface area (TPSA) is 43.4 Å². The first-order chi connectivity index (χ1) is 31.3. The fourth-order valence-electron chi connectivity index (χ4n) is 11.5. The first-order valence-corrected chi connectivity index (χ1v) is 21.6. The molecule has 0 aromatic heterocycles. The second-order valence-corrected chi connectivity index (χ2v) is 17.0. The average molecular weight is 804 g/mol. The van der Waals surface area contributed by atoms with Gasteiger partial charge < -0.3 is 28.7 Å². The van der Waals surface area contributed by atoms with Gasteiger partial charge in [-0.25, -0.2) is 0 Å². The van der Waals surface area contributed by atoms with Crippen molar-refractivity contribution >= 4 is 103 Å². The Kier molecular flexibility index (Phi) is 6.57. The Morgan fingerprint density at radius 2 is 0.635 bits per heavy atom. The van der Waals surface area contributed by atoms with Crippen LogP contribution in [0.1, 0.15) is 0 Å². The third-order valence-electron chi connectivity index (χ3n) is 13.9. The van der Waals surface area contributed by atoms with Crippen molar-refractivity contribution < 1.29 is 18.9 Å². The summed E-state index contributed by atoms with van der Waals surface area (Å²) in [5.41, 5.74) is 16.5. The van der Waals surface area contributed by atoms with E-state index < -0.39 is 0 Å². The van der Waals surface area contributed by atoms with E-state index in [4.69, 9.17) is 18.9 Å². The van der Waals surface area contributed by atoms with Gasteiger partial charge in [0.1, 0.15) is 46.0 Å². The lowest BCUT2D eigenvalue weighted by Gasteiger charge is -2.46. The number of rotatable bonds is 2. The Balaban J connectivity index is 1.08. The minimum atomic E-state index is -0.286. The van der Waals surface area contributed by atoms with Crippen molar-refractivity contribution in [1.82, 2.24) is 0 Å². The molecular weight excluding hydrogens is 773 g/mol. The lowest BCUT2D eigenvalue weighted by Crippen LogP contribution is -2.66. The molecule has 9 aromatic rings. The van der Waals surface area contributed by atoms with E-state index in [-0.39, 0.29) is 20.1 Å². The molecule has 0 atom stereocenters. The van der Waals surface area contributed by atoms with Crippen LogP contribution in [-0.4, -0.2) is 20.1 Å². The molecule has 0 amide bonds. The van der Waals surface area contributed by atoms with Gasteiger partial charge in [0, 0.05) is 45.0 Å². The van der Waals surface area contributed by atoms with Crippen molar-refractivity contribution in [1.29, 1.82) is 0 Å². The standard InChI is InChI=1S/C54H31B3N2O4/c1-3-14-32(15-4-1)58-38-20-11-21-39-48(38)57(49-40(58)30-28-36-53(49)62-46-26-12-24-44-51(46)55(36)34-18-7-9-22-42(34)60-44)50-41(59(39)33-16-5-2-6-17-33)31-29-37-54(50)63-47-27-13-25-45-52(47)56(37)35-19-8-10-23-43(35)61-45/h1-31H. The second kappa shape index (κ2) is 12.3. The molecule has 0 fully saturated rings. The summed E-state index contributed by atoms with van der Waals surface area (Å²) in [6, 6.07) is 66.7. The number of para-hydroxylation sites is 4. The highest BCUT2D eigenvalue weighted by molar-refractivity contribution is 7.04. The summed E-state index contributed by atoms with van der Waals surface area (Å²) in [6.07, 6.45) is 0. The van der Waals surface area contributed by atoms with Gasteiger partial charge in [-0.15, -0.1) is 0 Å². The molecule has 0 radical (unpaired) electrons. The maximum Gasteiger partial charge on any atom is 0.261 e. The molecule has 9 aromatic carbocycles. The van der Waals surface area contributed by atoms with Crippen LogP contribution in [0.15, 0.2) is 188 Å². The molecule has 6 aliphatic heterocycles. The third kappa shape index (κ3) is 4.40. The van der Waals surface area contributed by atoms with Gasteiger partial charge >= 0.3 is 0 Å². The fraction of sp³-hybridized carbons (Fsp3) is 0. The molecule has 0 saturated heterocycles. The zero-order chi connectivity index (χ0) is 40.9. The molecule has 6 aliphatic rings. The number of benzene rings is 9. The van der Waals surface area contributed by atoms with E-state index in [0.717, 1.165) is 124 Å². The number of hydrogen-bond donors (Lipinski definition) is 0. The Morgan fingerprint density at radius 3 is 1.11 bits per heavy atom. The Labute approximate surface area is 364 Å². The number of nitrogens with zero attached hydrogens (tertiary/aromatic N) is 2. The molecule has 6 heterocycles. The van der Waals surface area contributed by atoms with Crippen molar-refractivity contribution in [3.63, 3.8) is 0 Å².